The van der Waals surface area contributed by atoms with Crippen LogP contribution < -0.4 is 5.32 Å². The lowest BCUT2D eigenvalue weighted by molar-refractivity contribution is -0.176. The maximum atomic E-state index is 5.72. The van der Waals surface area contributed by atoms with E-state index in [-0.39, 0.29) is 11.0 Å². The Balaban J connectivity index is 1.76. The van der Waals surface area contributed by atoms with Gasteiger partial charge in [-0.3, -0.25) is 4.99 Å². The maximum absolute atomic E-state index is 5.72. The van der Waals surface area contributed by atoms with Gasteiger partial charge in [0.25, 0.3) is 0 Å². The topological polar surface area (TPSA) is 46.1 Å². The first-order valence-corrected chi connectivity index (χ1v) is 8.41. The lowest BCUT2D eigenvalue weighted by Crippen LogP contribution is -2.69. The minimum Gasteiger partial charge on any atom is -0.379 e. The Hall–Kier alpha value is -0.810. The molecule has 5 nitrogen and oxygen atoms in total. The zero-order chi connectivity index (χ0) is 16.4. The van der Waals surface area contributed by atoms with E-state index in [1.54, 1.807) is 7.11 Å². The average Bonchev–Trinajstić information content (AvgIpc) is 3.31. The Bertz CT molecular complexity index is 407. The molecule has 0 radical (unpaired) electrons. The number of aliphatic imine (C=N–C) groups is 1. The summed E-state index contributed by atoms with van der Waals surface area (Å²) in [4.78, 5) is 6.55. The van der Waals surface area contributed by atoms with Gasteiger partial charge < -0.3 is 19.7 Å². The van der Waals surface area contributed by atoms with Crippen LogP contribution in [0.15, 0.2) is 4.99 Å². The summed E-state index contributed by atoms with van der Waals surface area (Å²) in [6.07, 6.45) is 3.68. The third kappa shape index (κ3) is 3.57. The molecular formula is C17H33N3O2. The minimum absolute atomic E-state index is 0.0601. The van der Waals surface area contributed by atoms with E-state index in [0.29, 0.717) is 6.04 Å². The molecule has 22 heavy (non-hydrogen) atoms. The van der Waals surface area contributed by atoms with Crippen LogP contribution in [-0.4, -0.2) is 63.5 Å². The molecule has 2 saturated carbocycles. The van der Waals surface area contributed by atoms with Crippen molar-refractivity contribution >= 4 is 5.96 Å². The van der Waals surface area contributed by atoms with E-state index >= 15 is 0 Å². The van der Waals surface area contributed by atoms with E-state index < -0.39 is 0 Å². The highest BCUT2D eigenvalue weighted by molar-refractivity contribution is 5.80. The molecule has 2 atom stereocenters. The van der Waals surface area contributed by atoms with Gasteiger partial charge in [0.15, 0.2) is 5.96 Å². The van der Waals surface area contributed by atoms with Gasteiger partial charge in [-0.1, -0.05) is 13.8 Å². The van der Waals surface area contributed by atoms with Crippen LogP contribution in [0.4, 0.5) is 0 Å². The summed E-state index contributed by atoms with van der Waals surface area (Å²) in [7, 11) is 5.71. The van der Waals surface area contributed by atoms with Gasteiger partial charge in [0, 0.05) is 45.8 Å². The Morgan fingerprint density at radius 3 is 2.50 bits per heavy atom. The third-order valence-electron chi connectivity index (χ3n) is 5.78. The molecule has 2 aliphatic rings. The van der Waals surface area contributed by atoms with Gasteiger partial charge in [0.1, 0.15) is 0 Å². The first-order chi connectivity index (χ1) is 10.3. The van der Waals surface area contributed by atoms with Crippen LogP contribution in [0.5, 0.6) is 0 Å². The van der Waals surface area contributed by atoms with E-state index in [1.807, 2.05) is 7.05 Å². The van der Waals surface area contributed by atoms with Crippen molar-refractivity contribution in [2.45, 2.75) is 51.7 Å². The molecule has 2 fully saturated rings. The number of nitrogens with zero attached hydrogens (tertiary/aromatic N) is 2. The summed E-state index contributed by atoms with van der Waals surface area (Å²) < 4.78 is 11.4. The SMILES string of the molecule is CN=C(NC1CC(C)(OC)C1(C)C)N(C)CCOCC1CC1. The number of hydrogen-bond acceptors (Lipinski definition) is 3. The highest BCUT2D eigenvalue weighted by Gasteiger charge is 2.58. The second kappa shape index (κ2) is 6.75. The predicted molar refractivity (Wildman–Crippen MR) is 90.3 cm³/mol. The summed E-state index contributed by atoms with van der Waals surface area (Å²) >= 11 is 0. The van der Waals surface area contributed by atoms with E-state index in [1.165, 1.54) is 12.8 Å². The maximum Gasteiger partial charge on any atom is 0.193 e. The molecule has 1 N–H and O–H groups in total. The van der Waals surface area contributed by atoms with Crippen molar-refractivity contribution in [3.63, 3.8) is 0 Å². The van der Waals surface area contributed by atoms with Crippen molar-refractivity contribution < 1.29 is 9.47 Å². The first-order valence-electron chi connectivity index (χ1n) is 8.41. The van der Waals surface area contributed by atoms with Gasteiger partial charge in [-0.2, -0.15) is 0 Å². The van der Waals surface area contributed by atoms with E-state index in [4.69, 9.17) is 9.47 Å². The molecule has 128 valence electrons. The van der Waals surface area contributed by atoms with Crippen molar-refractivity contribution in [3.8, 4) is 0 Å². The number of nitrogens with one attached hydrogen (secondary N) is 1. The molecule has 0 amide bonds. The molecule has 2 rings (SSSR count). The predicted octanol–water partition coefficient (Wildman–Crippen LogP) is 2.12. The van der Waals surface area contributed by atoms with Crippen LogP contribution in [-0.2, 0) is 9.47 Å². The van der Waals surface area contributed by atoms with Crippen molar-refractivity contribution in [3.05, 3.63) is 0 Å². The second-order valence-corrected chi connectivity index (χ2v) is 7.54. The monoisotopic (exact) mass is 311 g/mol. The van der Waals surface area contributed by atoms with Crippen LogP contribution in [0.2, 0.25) is 0 Å². The molecule has 0 saturated heterocycles. The van der Waals surface area contributed by atoms with Gasteiger partial charge in [-0.05, 0) is 32.1 Å². The molecule has 5 heteroatoms. The number of guanidine groups is 1. The van der Waals surface area contributed by atoms with Crippen LogP contribution >= 0.6 is 0 Å². The van der Waals surface area contributed by atoms with Gasteiger partial charge in [-0.15, -0.1) is 0 Å². The molecule has 0 bridgehead atoms. The quantitative estimate of drug-likeness (QED) is 0.444. The number of ether oxygens (including phenoxy) is 2. The highest BCUT2D eigenvalue weighted by Crippen LogP contribution is 2.51. The van der Waals surface area contributed by atoms with E-state index in [9.17, 15) is 0 Å². The van der Waals surface area contributed by atoms with Crippen molar-refractivity contribution in [2.75, 3.05) is 41.0 Å². The largest absolute Gasteiger partial charge is 0.379 e. The molecule has 2 unspecified atom stereocenters. The summed E-state index contributed by atoms with van der Waals surface area (Å²) in [6.45, 7) is 9.23. The van der Waals surface area contributed by atoms with Gasteiger partial charge >= 0.3 is 0 Å². The second-order valence-electron chi connectivity index (χ2n) is 7.54. The first kappa shape index (κ1) is 17.5. The van der Waals surface area contributed by atoms with E-state index in [2.05, 4.69) is 43.0 Å². The van der Waals surface area contributed by atoms with E-state index in [0.717, 1.165) is 38.1 Å². The van der Waals surface area contributed by atoms with Crippen LogP contribution in [0, 0.1) is 11.3 Å². The molecule has 0 aliphatic heterocycles. The van der Waals surface area contributed by atoms with Crippen molar-refractivity contribution in [1.82, 2.24) is 10.2 Å². The third-order valence-corrected chi connectivity index (χ3v) is 5.78. The molecule has 0 spiro atoms. The van der Waals surface area contributed by atoms with Crippen LogP contribution in [0.3, 0.4) is 0 Å². The lowest BCUT2D eigenvalue weighted by Gasteiger charge is -2.59. The van der Waals surface area contributed by atoms with Crippen LogP contribution in [0.25, 0.3) is 0 Å². The fourth-order valence-electron chi connectivity index (χ4n) is 3.07. The number of methoxy groups -OCH3 is 1. The highest BCUT2D eigenvalue weighted by atomic mass is 16.5. The summed E-state index contributed by atoms with van der Waals surface area (Å²) in [5, 5.41) is 3.59. The minimum atomic E-state index is -0.0601. The average molecular weight is 311 g/mol. The van der Waals surface area contributed by atoms with Crippen LogP contribution in [0.1, 0.15) is 40.0 Å². The van der Waals surface area contributed by atoms with Crippen molar-refractivity contribution in [2.24, 2.45) is 16.3 Å². The molecule has 0 aromatic heterocycles. The zero-order valence-electron chi connectivity index (χ0n) is 15.1. The molecular weight excluding hydrogens is 278 g/mol. The standard InChI is InChI=1S/C17H33N3O2/c1-16(2)14(11-17(16,3)21-6)19-15(18-4)20(5)9-10-22-12-13-7-8-13/h13-14H,7-12H2,1-6H3,(H,18,19). The fourth-order valence-corrected chi connectivity index (χ4v) is 3.07. The molecule has 0 aromatic rings. The normalized spacial score (nSPS) is 30.8. The summed E-state index contributed by atoms with van der Waals surface area (Å²) in [5.41, 5.74) is 0.0243. The fraction of sp³-hybridized carbons (Fsp3) is 0.941. The Kier molecular flexibility index (Phi) is 5.38. The number of rotatable bonds is 7. The Morgan fingerprint density at radius 1 is 1.32 bits per heavy atom. The van der Waals surface area contributed by atoms with Crippen molar-refractivity contribution in [1.29, 1.82) is 0 Å². The number of hydrogen-bond donors (Lipinski definition) is 1. The molecule has 2 aliphatic carbocycles. The molecule has 0 heterocycles. The lowest BCUT2D eigenvalue weighted by atomic mass is 9.56. The number of likely N-dealkylation sites (N-methyl/N-ethyl adjacent to an activating group) is 1. The summed E-state index contributed by atoms with van der Waals surface area (Å²) in [5.74, 6) is 1.76. The van der Waals surface area contributed by atoms with Gasteiger partial charge in [-0.25, -0.2) is 0 Å². The van der Waals surface area contributed by atoms with Gasteiger partial charge in [0.2, 0.25) is 0 Å². The molecule has 0 aromatic carbocycles. The van der Waals surface area contributed by atoms with Gasteiger partial charge in [0.05, 0.1) is 12.2 Å². The zero-order valence-corrected chi connectivity index (χ0v) is 15.1. The smallest absolute Gasteiger partial charge is 0.193 e. The Morgan fingerprint density at radius 2 is 2.00 bits per heavy atom. The Labute approximate surface area is 135 Å². The summed E-state index contributed by atoms with van der Waals surface area (Å²) in [6, 6.07) is 0.381.